The maximum atomic E-state index is 11.8. The SMILES string of the molecule is CSCC[C@H](NC(=O)C(=O)c1ccccc1)C(=O)O. The van der Waals surface area contributed by atoms with Gasteiger partial charge in [0.05, 0.1) is 0 Å². The van der Waals surface area contributed by atoms with Crippen molar-refractivity contribution in [3.05, 3.63) is 35.9 Å². The predicted molar refractivity (Wildman–Crippen MR) is 73.3 cm³/mol. The number of hydrogen-bond acceptors (Lipinski definition) is 4. The fourth-order valence-corrected chi connectivity index (χ4v) is 1.91. The number of nitrogens with one attached hydrogen (secondary N) is 1. The first-order chi connectivity index (χ1) is 9.06. The lowest BCUT2D eigenvalue weighted by molar-refractivity contribution is -0.141. The molecule has 1 aromatic carbocycles. The van der Waals surface area contributed by atoms with Crippen LogP contribution in [-0.4, -0.2) is 40.8 Å². The van der Waals surface area contributed by atoms with E-state index in [4.69, 9.17) is 5.11 Å². The number of aliphatic carboxylic acids is 1. The Kier molecular flexibility index (Phi) is 6.08. The molecule has 5 nitrogen and oxygen atoms in total. The Hall–Kier alpha value is -1.82. The van der Waals surface area contributed by atoms with Crippen molar-refractivity contribution < 1.29 is 19.5 Å². The first kappa shape index (κ1) is 15.2. The topological polar surface area (TPSA) is 83.5 Å². The summed E-state index contributed by atoms with van der Waals surface area (Å²) in [5, 5.41) is 11.2. The van der Waals surface area contributed by atoms with E-state index in [9.17, 15) is 14.4 Å². The van der Waals surface area contributed by atoms with Crippen LogP contribution in [-0.2, 0) is 9.59 Å². The monoisotopic (exact) mass is 281 g/mol. The molecule has 1 aromatic rings. The van der Waals surface area contributed by atoms with Crippen molar-refractivity contribution in [3.63, 3.8) is 0 Å². The molecule has 1 atom stereocenters. The molecule has 0 saturated heterocycles. The Balaban J connectivity index is 2.67. The minimum absolute atomic E-state index is 0.244. The first-order valence-electron chi connectivity index (χ1n) is 5.68. The van der Waals surface area contributed by atoms with Crippen LogP contribution in [0.1, 0.15) is 16.8 Å². The highest BCUT2D eigenvalue weighted by Gasteiger charge is 2.23. The molecule has 0 bridgehead atoms. The third-order valence-corrected chi connectivity index (χ3v) is 3.10. The molecule has 0 aliphatic carbocycles. The van der Waals surface area contributed by atoms with Crippen molar-refractivity contribution in [2.75, 3.05) is 12.0 Å². The zero-order valence-electron chi connectivity index (χ0n) is 10.5. The maximum absolute atomic E-state index is 11.8. The van der Waals surface area contributed by atoms with Crippen LogP contribution in [0, 0.1) is 0 Å². The zero-order chi connectivity index (χ0) is 14.3. The summed E-state index contributed by atoms with van der Waals surface area (Å²) in [6.45, 7) is 0. The molecule has 0 saturated carbocycles. The Labute approximate surface area is 115 Å². The molecule has 1 rings (SSSR count). The number of benzene rings is 1. The number of amides is 1. The molecule has 0 radical (unpaired) electrons. The average molecular weight is 281 g/mol. The minimum Gasteiger partial charge on any atom is -0.480 e. The molecule has 0 unspecified atom stereocenters. The zero-order valence-corrected chi connectivity index (χ0v) is 11.3. The highest BCUT2D eigenvalue weighted by atomic mass is 32.2. The Bertz CT molecular complexity index is 461. The lowest BCUT2D eigenvalue weighted by Crippen LogP contribution is -2.44. The van der Waals surface area contributed by atoms with Gasteiger partial charge in [0.25, 0.3) is 5.91 Å². The summed E-state index contributed by atoms with van der Waals surface area (Å²) < 4.78 is 0. The third kappa shape index (κ3) is 4.75. The number of carboxylic acids is 1. The normalized spacial score (nSPS) is 11.6. The van der Waals surface area contributed by atoms with E-state index in [0.29, 0.717) is 5.75 Å². The molecule has 0 heterocycles. The van der Waals surface area contributed by atoms with E-state index in [2.05, 4.69) is 5.32 Å². The lowest BCUT2D eigenvalue weighted by atomic mass is 10.1. The molecular weight excluding hydrogens is 266 g/mol. The number of carbonyl (C=O) groups is 3. The third-order valence-electron chi connectivity index (χ3n) is 2.46. The number of carbonyl (C=O) groups excluding carboxylic acids is 2. The summed E-state index contributed by atoms with van der Waals surface area (Å²) in [5.74, 6) is -2.16. The van der Waals surface area contributed by atoms with Crippen LogP contribution >= 0.6 is 11.8 Å². The second-order valence-electron chi connectivity index (χ2n) is 3.84. The number of ketones is 1. The van der Waals surface area contributed by atoms with Gasteiger partial charge in [-0.15, -0.1) is 0 Å². The van der Waals surface area contributed by atoms with Crippen molar-refractivity contribution in [3.8, 4) is 0 Å². The van der Waals surface area contributed by atoms with Gasteiger partial charge in [0, 0.05) is 5.56 Å². The summed E-state index contributed by atoms with van der Waals surface area (Å²) in [6.07, 6.45) is 2.13. The van der Waals surface area contributed by atoms with Gasteiger partial charge in [-0.1, -0.05) is 30.3 Å². The van der Waals surface area contributed by atoms with Gasteiger partial charge in [0.15, 0.2) is 0 Å². The van der Waals surface area contributed by atoms with Gasteiger partial charge in [-0.25, -0.2) is 4.79 Å². The molecule has 102 valence electrons. The molecule has 1 amide bonds. The van der Waals surface area contributed by atoms with Crippen molar-refractivity contribution >= 4 is 29.4 Å². The molecule has 6 heteroatoms. The number of Topliss-reactive ketones (excluding diaryl/α,β-unsaturated/α-hetero) is 1. The summed E-state index contributed by atoms with van der Waals surface area (Å²) in [7, 11) is 0. The summed E-state index contributed by atoms with van der Waals surface area (Å²) in [6, 6.07) is 7.01. The molecule has 0 aliphatic heterocycles. The smallest absolute Gasteiger partial charge is 0.326 e. The number of hydrogen-bond donors (Lipinski definition) is 2. The molecule has 19 heavy (non-hydrogen) atoms. The van der Waals surface area contributed by atoms with E-state index >= 15 is 0 Å². The standard InChI is InChI=1S/C13H15NO4S/c1-19-8-7-10(13(17)18)14-12(16)11(15)9-5-3-2-4-6-9/h2-6,10H,7-8H2,1H3,(H,14,16)(H,17,18)/t10-/m0/s1. The van der Waals surface area contributed by atoms with E-state index in [-0.39, 0.29) is 12.0 Å². The van der Waals surface area contributed by atoms with E-state index in [1.807, 2.05) is 6.26 Å². The number of rotatable bonds is 7. The van der Waals surface area contributed by atoms with Gasteiger partial charge < -0.3 is 10.4 Å². The Morgan fingerprint density at radius 1 is 1.26 bits per heavy atom. The number of thioether (sulfide) groups is 1. The van der Waals surface area contributed by atoms with Crippen LogP contribution in [0.25, 0.3) is 0 Å². The summed E-state index contributed by atoms with van der Waals surface area (Å²) in [4.78, 5) is 34.4. The Morgan fingerprint density at radius 2 is 1.89 bits per heavy atom. The van der Waals surface area contributed by atoms with E-state index in [0.717, 1.165) is 0 Å². The molecule has 0 aliphatic rings. The van der Waals surface area contributed by atoms with Gasteiger partial charge in [0.2, 0.25) is 5.78 Å². The second kappa shape index (κ2) is 7.58. The molecular formula is C13H15NO4S. The quantitative estimate of drug-likeness (QED) is 0.579. The largest absolute Gasteiger partial charge is 0.480 e. The molecule has 0 aromatic heterocycles. The van der Waals surface area contributed by atoms with E-state index < -0.39 is 23.7 Å². The van der Waals surface area contributed by atoms with Crippen LogP contribution in [0.15, 0.2) is 30.3 Å². The average Bonchev–Trinajstić information content (AvgIpc) is 2.43. The van der Waals surface area contributed by atoms with Gasteiger partial charge in [0.1, 0.15) is 6.04 Å². The van der Waals surface area contributed by atoms with Crippen LogP contribution in [0.4, 0.5) is 0 Å². The van der Waals surface area contributed by atoms with Gasteiger partial charge >= 0.3 is 5.97 Å². The fraction of sp³-hybridized carbons (Fsp3) is 0.308. The van der Waals surface area contributed by atoms with E-state index in [1.165, 1.54) is 23.9 Å². The highest BCUT2D eigenvalue weighted by molar-refractivity contribution is 7.98. The van der Waals surface area contributed by atoms with Crippen molar-refractivity contribution in [2.45, 2.75) is 12.5 Å². The first-order valence-corrected chi connectivity index (χ1v) is 7.07. The van der Waals surface area contributed by atoms with Crippen molar-refractivity contribution in [1.82, 2.24) is 5.32 Å². The Morgan fingerprint density at radius 3 is 2.42 bits per heavy atom. The van der Waals surface area contributed by atoms with Crippen LogP contribution in [0.5, 0.6) is 0 Å². The van der Waals surface area contributed by atoms with E-state index in [1.54, 1.807) is 18.2 Å². The van der Waals surface area contributed by atoms with Crippen LogP contribution < -0.4 is 5.32 Å². The number of carboxylic acid groups (broad SMARTS) is 1. The van der Waals surface area contributed by atoms with Gasteiger partial charge in [-0.05, 0) is 18.4 Å². The highest BCUT2D eigenvalue weighted by Crippen LogP contribution is 2.03. The van der Waals surface area contributed by atoms with Gasteiger partial charge in [-0.2, -0.15) is 11.8 Å². The fourth-order valence-electron chi connectivity index (χ4n) is 1.44. The molecule has 2 N–H and O–H groups in total. The van der Waals surface area contributed by atoms with Crippen molar-refractivity contribution in [1.29, 1.82) is 0 Å². The molecule has 0 spiro atoms. The predicted octanol–water partition coefficient (Wildman–Crippen LogP) is 1.19. The maximum Gasteiger partial charge on any atom is 0.326 e. The molecule has 0 fully saturated rings. The summed E-state index contributed by atoms with van der Waals surface area (Å²) >= 11 is 1.48. The second-order valence-corrected chi connectivity index (χ2v) is 4.83. The lowest BCUT2D eigenvalue weighted by Gasteiger charge is -2.13. The van der Waals surface area contributed by atoms with Crippen LogP contribution in [0.3, 0.4) is 0 Å². The minimum atomic E-state index is -1.14. The van der Waals surface area contributed by atoms with Gasteiger partial charge in [-0.3, -0.25) is 9.59 Å². The van der Waals surface area contributed by atoms with Crippen LogP contribution in [0.2, 0.25) is 0 Å². The summed E-state index contributed by atoms with van der Waals surface area (Å²) in [5.41, 5.74) is 0.244. The van der Waals surface area contributed by atoms with Crippen molar-refractivity contribution in [2.24, 2.45) is 0 Å².